The second-order valence-corrected chi connectivity index (χ2v) is 11.8. The highest BCUT2D eigenvalue weighted by atomic mass is 35.5. The van der Waals surface area contributed by atoms with Gasteiger partial charge in [-0.05, 0) is 75.1 Å². The first kappa shape index (κ1) is 30.2. The number of halogens is 1. The average molecular weight is 570 g/mol. The van der Waals surface area contributed by atoms with Gasteiger partial charge in [-0.25, -0.2) is 8.42 Å². The zero-order valence-electron chi connectivity index (χ0n) is 23.1. The number of hydrogen-bond donors (Lipinski definition) is 1. The molecule has 0 saturated heterocycles. The number of benzene rings is 3. The number of nitrogens with zero attached hydrogens (tertiary/aromatic N) is 2. The monoisotopic (exact) mass is 569 g/mol. The molecule has 1 atom stereocenters. The highest BCUT2D eigenvalue weighted by Gasteiger charge is 2.33. The van der Waals surface area contributed by atoms with E-state index in [1.807, 2.05) is 58.9 Å². The van der Waals surface area contributed by atoms with Crippen LogP contribution in [-0.4, -0.2) is 44.3 Å². The van der Waals surface area contributed by atoms with Crippen LogP contribution in [0, 0.1) is 20.8 Å². The molecular formula is C30H36ClN3O4S. The van der Waals surface area contributed by atoms with Gasteiger partial charge >= 0.3 is 0 Å². The maximum absolute atomic E-state index is 14.0. The summed E-state index contributed by atoms with van der Waals surface area (Å²) in [7, 11) is -4.15. The second-order valence-electron chi connectivity index (χ2n) is 9.52. The fourth-order valence-electron chi connectivity index (χ4n) is 4.29. The van der Waals surface area contributed by atoms with Gasteiger partial charge in [0.2, 0.25) is 11.8 Å². The number of likely N-dealkylation sites (N-methyl/N-ethyl adjacent to an activating group) is 1. The third-order valence-electron chi connectivity index (χ3n) is 6.67. The van der Waals surface area contributed by atoms with E-state index in [-0.39, 0.29) is 23.0 Å². The molecule has 9 heteroatoms. The molecule has 1 unspecified atom stereocenters. The fraction of sp³-hybridized carbons (Fsp3) is 0.333. The first-order valence-corrected chi connectivity index (χ1v) is 14.8. The molecule has 2 amide bonds. The summed E-state index contributed by atoms with van der Waals surface area (Å²) in [6, 6.07) is 18.2. The predicted octanol–water partition coefficient (Wildman–Crippen LogP) is 5.40. The lowest BCUT2D eigenvalue weighted by Gasteiger charge is -2.33. The van der Waals surface area contributed by atoms with Crippen LogP contribution in [0.1, 0.15) is 42.5 Å². The standard InChI is InChI=1S/C30H36ClN3O4S/c1-6-28(30(36)32-7-2)33(19-24-11-9-8-10-22(24)4)29(35)20-34(25-15-14-23(5)27(31)18-25)39(37,38)26-16-12-21(3)13-17-26/h8-18,28H,6-7,19-20H2,1-5H3,(H,32,36). The first-order valence-electron chi connectivity index (χ1n) is 13.0. The summed E-state index contributed by atoms with van der Waals surface area (Å²) in [5.41, 5.74) is 3.80. The molecule has 0 aliphatic heterocycles. The van der Waals surface area contributed by atoms with Gasteiger partial charge in [-0.15, -0.1) is 0 Å². The second kappa shape index (κ2) is 13.1. The van der Waals surface area contributed by atoms with Crippen LogP contribution in [0.4, 0.5) is 5.69 Å². The molecule has 0 saturated carbocycles. The van der Waals surface area contributed by atoms with Crippen molar-refractivity contribution >= 4 is 39.1 Å². The van der Waals surface area contributed by atoms with Gasteiger partial charge in [-0.2, -0.15) is 0 Å². The van der Waals surface area contributed by atoms with Crippen molar-refractivity contribution in [1.82, 2.24) is 10.2 Å². The number of rotatable bonds is 11. The number of anilines is 1. The first-order chi connectivity index (χ1) is 18.5. The quantitative estimate of drug-likeness (QED) is 0.335. The number of sulfonamides is 1. The molecule has 0 aliphatic rings. The lowest BCUT2D eigenvalue weighted by atomic mass is 10.1. The molecule has 3 aromatic carbocycles. The number of aryl methyl sites for hydroxylation is 3. The minimum absolute atomic E-state index is 0.0545. The fourth-order valence-corrected chi connectivity index (χ4v) is 5.87. The summed E-state index contributed by atoms with van der Waals surface area (Å²) in [4.78, 5) is 28.6. The van der Waals surface area contributed by atoms with Crippen LogP contribution in [0.5, 0.6) is 0 Å². The minimum Gasteiger partial charge on any atom is -0.355 e. The molecule has 208 valence electrons. The Morgan fingerprint density at radius 2 is 1.59 bits per heavy atom. The van der Waals surface area contributed by atoms with Gasteiger partial charge < -0.3 is 10.2 Å². The third-order valence-corrected chi connectivity index (χ3v) is 8.87. The van der Waals surface area contributed by atoms with Crippen molar-refractivity contribution < 1.29 is 18.0 Å². The summed E-state index contributed by atoms with van der Waals surface area (Å²) in [6.45, 7) is 9.34. The smallest absolute Gasteiger partial charge is 0.264 e. The minimum atomic E-state index is -4.15. The Hall–Kier alpha value is -3.36. The van der Waals surface area contributed by atoms with E-state index >= 15 is 0 Å². The maximum atomic E-state index is 14.0. The van der Waals surface area contributed by atoms with E-state index < -0.39 is 28.5 Å². The normalized spacial score (nSPS) is 12.1. The Morgan fingerprint density at radius 1 is 0.923 bits per heavy atom. The van der Waals surface area contributed by atoms with Gasteiger partial charge in [-0.3, -0.25) is 13.9 Å². The maximum Gasteiger partial charge on any atom is 0.264 e. The van der Waals surface area contributed by atoms with Crippen LogP contribution in [0.15, 0.2) is 71.6 Å². The zero-order chi connectivity index (χ0) is 28.7. The van der Waals surface area contributed by atoms with Gasteiger partial charge in [-0.1, -0.05) is 66.6 Å². The molecular weight excluding hydrogens is 534 g/mol. The molecule has 0 aliphatic carbocycles. The van der Waals surface area contributed by atoms with Gasteiger partial charge in [0.05, 0.1) is 10.6 Å². The van der Waals surface area contributed by atoms with Crippen LogP contribution in [-0.2, 0) is 26.2 Å². The molecule has 3 rings (SSSR count). The van der Waals surface area contributed by atoms with E-state index in [9.17, 15) is 18.0 Å². The van der Waals surface area contributed by atoms with Gasteiger partial charge in [0.1, 0.15) is 12.6 Å². The van der Waals surface area contributed by atoms with Crippen molar-refractivity contribution in [2.45, 2.75) is 58.5 Å². The van der Waals surface area contributed by atoms with Crippen molar-refractivity contribution in [3.05, 3.63) is 94.0 Å². The molecule has 0 spiro atoms. The molecule has 0 fully saturated rings. The number of amides is 2. The van der Waals surface area contributed by atoms with E-state index in [0.29, 0.717) is 18.0 Å². The Labute approximate surface area is 236 Å². The number of carbonyl (C=O) groups is 2. The summed E-state index contributed by atoms with van der Waals surface area (Å²) in [5.74, 6) is -0.781. The SMILES string of the molecule is CCNC(=O)C(CC)N(Cc1ccccc1C)C(=O)CN(c1ccc(C)c(Cl)c1)S(=O)(=O)c1ccc(C)cc1. The van der Waals surface area contributed by atoms with E-state index in [4.69, 9.17) is 11.6 Å². The van der Waals surface area contributed by atoms with Crippen LogP contribution in [0.3, 0.4) is 0 Å². The Balaban J connectivity index is 2.10. The molecule has 1 N–H and O–H groups in total. The van der Waals surface area contributed by atoms with Crippen molar-refractivity contribution in [1.29, 1.82) is 0 Å². The lowest BCUT2D eigenvalue weighted by molar-refractivity contribution is -0.140. The van der Waals surface area contributed by atoms with E-state index in [2.05, 4.69) is 5.32 Å². The Morgan fingerprint density at radius 3 is 2.18 bits per heavy atom. The summed E-state index contributed by atoms with van der Waals surface area (Å²) >= 11 is 6.38. The Kier molecular flexibility index (Phi) is 10.2. The molecule has 0 aromatic heterocycles. The van der Waals surface area contributed by atoms with Crippen molar-refractivity contribution in [2.24, 2.45) is 0 Å². The third kappa shape index (κ3) is 7.19. The van der Waals surface area contributed by atoms with Gasteiger partial charge in [0, 0.05) is 18.1 Å². The van der Waals surface area contributed by atoms with Crippen LogP contribution < -0.4 is 9.62 Å². The molecule has 39 heavy (non-hydrogen) atoms. The topological polar surface area (TPSA) is 86.8 Å². The Bertz CT molecular complexity index is 1420. The summed E-state index contributed by atoms with van der Waals surface area (Å²) in [5, 5.41) is 3.19. The molecule has 7 nitrogen and oxygen atoms in total. The predicted molar refractivity (Wildman–Crippen MR) is 156 cm³/mol. The largest absolute Gasteiger partial charge is 0.355 e. The van der Waals surface area contributed by atoms with Crippen molar-refractivity contribution in [2.75, 3.05) is 17.4 Å². The van der Waals surface area contributed by atoms with Crippen molar-refractivity contribution in [3.63, 3.8) is 0 Å². The van der Waals surface area contributed by atoms with E-state index in [1.165, 1.54) is 17.0 Å². The summed E-state index contributed by atoms with van der Waals surface area (Å²) < 4.78 is 28.9. The van der Waals surface area contributed by atoms with Crippen molar-refractivity contribution in [3.8, 4) is 0 Å². The number of carbonyl (C=O) groups excluding carboxylic acids is 2. The zero-order valence-corrected chi connectivity index (χ0v) is 24.6. The number of hydrogen-bond acceptors (Lipinski definition) is 4. The molecule has 3 aromatic rings. The van der Waals surface area contributed by atoms with Crippen LogP contribution in [0.2, 0.25) is 5.02 Å². The van der Waals surface area contributed by atoms with Gasteiger partial charge in [0.15, 0.2) is 0 Å². The molecule has 0 heterocycles. The highest BCUT2D eigenvalue weighted by molar-refractivity contribution is 7.92. The summed E-state index contributed by atoms with van der Waals surface area (Å²) in [6.07, 6.45) is 0.366. The van der Waals surface area contributed by atoms with Crippen LogP contribution in [0.25, 0.3) is 0 Å². The molecule has 0 bridgehead atoms. The van der Waals surface area contributed by atoms with E-state index in [0.717, 1.165) is 26.6 Å². The highest BCUT2D eigenvalue weighted by Crippen LogP contribution is 2.29. The van der Waals surface area contributed by atoms with Crippen LogP contribution >= 0.6 is 11.6 Å². The number of nitrogens with one attached hydrogen (secondary N) is 1. The average Bonchev–Trinajstić information content (AvgIpc) is 2.90. The lowest BCUT2D eigenvalue weighted by Crippen LogP contribution is -2.52. The molecule has 0 radical (unpaired) electrons. The van der Waals surface area contributed by atoms with E-state index in [1.54, 1.807) is 30.3 Å². The van der Waals surface area contributed by atoms with Gasteiger partial charge in [0.25, 0.3) is 10.0 Å².